The lowest BCUT2D eigenvalue weighted by Gasteiger charge is -2.04. The molecule has 2 heterocycles. The summed E-state index contributed by atoms with van der Waals surface area (Å²) in [7, 11) is 0. The van der Waals surface area contributed by atoms with Crippen molar-refractivity contribution < 1.29 is 4.52 Å². The molecule has 0 fully saturated rings. The Bertz CT molecular complexity index is 1030. The molecule has 0 saturated carbocycles. The van der Waals surface area contributed by atoms with E-state index in [4.69, 9.17) is 22.0 Å². The van der Waals surface area contributed by atoms with Crippen molar-refractivity contribution in [1.29, 1.82) is 0 Å². The van der Waals surface area contributed by atoms with Gasteiger partial charge in [-0.2, -0.15) is 4.98 Å². The Hall–Kier alpha value is -2.84. The molecule has 4 rings (SSSR count). The van der Waals surface area contributed by atoms with Crippen molar-refractivity contribution in [2.45, 2.75) is 10.9 Å². The van der Waals surface area contributed by atoms with Gasteiger partial charge in [-0.15, -0.1) is 10.2 Å². The summed E-state index contributed by atoms with van der Waals surface area (Å²) in [5.41, 5.74) is 1.62. The third-order valence-corrected chi connectivity index (χ3v) is 4.86. The normalized spacial score (nSPS) is 11.0. The minimum Gasteiger partial charge on any atom is -0.338 e. The van der Waals surface area contributed by atoms with E-state index in [0.717, 1.165) is 11.1 Å². The van der Waals surface area contributed by atoms with Crippen molar-refractivity contribution in [2.75, 3.05) is 5.84 Å². The topological polar surface area (TPSA) is 95.7 Å². The summed E-state index contributed by atoms with van der Waals surface area (Å²) >= 11 is 7.55. The molecule has 4 aromatic rings. The van der Waals surface area contributed by atoms with E-state index < -0.39 is 0 Å². The van der Waals surface area contributed by atoms with Crippen molar-refractivity contribution in [3.05, 3.63) is 65.5 Å². The maximum atomic E-state index is 6.20. The molecule has 2 N–H and O–H groups in total. The van der Waals surface area contributed by atoms with Crippen molar-refractivity contribution in [3.63, 3.8) is 0 Å². The van der Waals surface area contributed by atoms with Crippen LogP contribution < -0.4 is 5.84 Å². The smallest absolute Gasteiger partial charge is 0.237 e. The van der Waals surface area contributed by atoms with E-state index in [0.29, 0.717) is 33.5 Å². The fourth-order valence-electron chi connectivity index (χ4n) is 2.35. The van der Waals surface area contributed by atoms with E-state index in [-0.39, 0.29) is 0 Å². The number of halogens is 1. The summed E-state index contributed by atoms with van der Waals surface area (Å²) in [5, 5.41) is 13.3. The first-order chi connectivity index (χ1) is 12.7. The number of nitrogens with zero attached hydrogens (tertiary/aromatic N) is 5. The molecule has 0 saturated heterocycles. The second-order valence-corrected chi connectivity index (χ2v) is 6.67. The van der Waals surface area contributed by atoms with Gasteiger partial charge < -0.3 is 10.4 Å². The van der Waals surface area contributed by atoms with E-state index in [9.17, 15) is 0 Å². The highest BCUT2D eigenvalue weighted by atomic mass is 35.5. The Morgan fingerprint density at radius 1 is 1.04 bits per heavy atom. The first kappa shape index (κ1) is 16.6. The highest BCUT2D eigenvalue weighted by Gasteiger charge is 2.16. The lowest BCUT2D eigenvalue weighted by atomic mass is 10.2. The Labute approximate surface area is 158 Å². The minimum absolute atomic E-state index is 0.428. The standard InChI is InChI=1S/C17H13ClN6OS/c18-13-9-5-4-8-12(13)16-21-22-17(24(16)19)26-10-14-20-15(23-25-14)11-6-2-1-3-7-11/h1-9H,10,19H2. The fraction of sp³-hybridized carbons (Fsp3) is 0.0588. The molecule has 0 atom stereocenters. The van der Waals surface area contributed by atoms with Crippen molar-refractivity contribution in [2.24, 2.45) is 0 Å². The summed E-state index contributed by atoms with van der Waals surface area (Å²) in [6.45, 7) is 0. The third kappa shape index (κ3) is 3.29. The molecule has 26 heavy (non-hydrogen) atoms. The Morgan fingerprint density at radius 3 is 2.62 bits per heavy atom. The zero-order chi connectivity index (χ0) is 17.9. The predicted octanol–water partition coefficient (Wildman–Crippen LogP) is 3.65. The van der Waals surface area contributed by atoms with Crippen LogP contribution in [-0.2, 0) is 5.75 Å². The number of benzene rings is 2. The Morgan fingerprint density at radius 2 is 1.81 bits per heavy atom. The van der Waals surface area contributed by atoms with E-state index >= 15 is 0 Å². The molecule has 0 unspecified atom stereocenters. The quantitative estimate of drug-likeness (QED) is 0.414. The Kier molecular flexibility index (Phi) is 4.59. The molecular weight excluding hydrogens is 372 g/mol. The van der Waals surface area contributed by atoms with Crippen LogP contribution in [0.2, 0.25) is 5.02 Å². The number of nitrogen functional groups attached to an aromatic ring is 1. The lowest BCUT2D eigenvalue weighted by molar-refractivity contribution is 0.391. The molecule has 0 radical (unpaired) electrons. The van der Waals surface area contributed by atoms with Crippen molar-refractivity contribution >= 4 is 23.4 Å². The van der Waals surface area contributed by atoms with Crippen LogP contribution in [0.3, 0.4) is 0 Å². The first-order valence-corrected chi connectivity index (χ1v) is 9.05. The molecule has 0 aliphatic heterocycles. The summed E-state index contributed by atoms with van der Waals surface area (Å²) in [6.07, 6.45) is 0. The second kappa shape index (κ2) is 7.19. The Balaban J connectivity index is 1.50. The number of thioether (sulfide) groups is 1. The van der Waals surface area contributed by atoms with Crippen LogP contribution in [0, 0.1) is 0 Å². The van der Waals surface area contributed by atoms with Gasteiger partial charge in [0.2, 0.25) is 16.9 Å². The molecule has 2 aromatic heterocycles. The zero-order valence-corrected chi connectivity index (χ0v) is 15.0. The molecular formula is C17H13ClN6OS. The summed E-state index contributed by atoms with van der Waals surface area (Å²) in [4.78, 5) is 4.39. The van der Waals surface area contributed by atoms with Gasteiger partial charge in [-0.25, -0.2) is 4.68 Å². The van der Waals surface area contributed by atoms with E-state index in [1.807, 2.05) is 48.5 Å². The number of nitrogens with two attached hydrogens (primary N) is 1. The summed E-state index contributed by atoms with van der Waals surface area (Å²) < 4.78 is 6.69. The second-order valence-electron chi connectivity index (χ2n) is 5.32. The van der Waals surface area contributed by atoms with Crippen LogP contribution in [0.5, 0.6) is 0 Å². The van der Waals surface area contributed by atoms with E-state index in [1.165, 1.54) is 16.4 Å². The highest BCUT2D eigenvalue weighted by molar-refractivity contribution is 7.98. The number of rotatable bonds is 5. The van der Waals surface area contributed by atoms with Crippen LogP contribution >= 0.6 is 23.4 Å². The van der Waals surface area contributed by atoms with Crippen LogP contribution in [0.25, 0.3) is 22.8 Å². The predicted molar refractivity (Wildman–Crippen MR) is 99.9 cm³/mol. The van der Waals surface area contributed by atoms with E-state index in [2.05, 4.69) is 20.3 Å². The maximum Gasteiger partial charge on any atom is 0.237 e. The van der Waals surface area contributed by atoms with Crippen molar-refractivity contribution in [3.8, 4) is 22.8 Å². The number of hydrogen-bond acceptors (Lipinski definition) is 7. The fourth-order valence-corrected chi connectivity index (χ4v) is 3.26. The summed E-state index contributed by atoms with van der Waals surface area (Å²) in [5.74, 6) is 8.06. The highest BCUT2D eigenvalue weighted by Crippen LogP contribution is 2.28. The average molecular weight is 385 g/mol. The number of hydrogen-bond donors (Lipinski definition) is 1. The molecule has 130 valence electrons. The molecule has 0 aliphatic rings. The van der Waals surface area contributed by atoms with Gasteiger partial charge in [0.25, 0.3) is 0 Å². The van der Waals surface area contributed by atoms with Gasteiger partial charge in [-0.1, -0.05) is 71.0 Å². The molecule has 0 spiro atoms. The van der Waals surface area contributed by atoms with Gasteiger partial charge in [-0.05, 0) is 12.1 Å². The monoisotopic (exact) mass is 384 g/mol. The SMILES string of the molecule is Nn1c(SCc2nc(-c3ccccc3)no2)nnc1-c1ccccc1Cl. The van der Waals surface area contributed by atoms with Crippen LogP contribution in [0.1, 0.15) is 5.89 Å². The molecule has 7 nitrogen and oxygen atoms in total. The van der Waals surface area contributed by atoms with Crippen LogP contribution in [0.15, 0.2) is 64.3 Å². The third-order valence-electron chi connectivity index (χ3n) is 3.60. The molecule has 0 aliphatic carbocycles. The maximum absolute atomic E-state index is 6.20. The van der Waals surface area contributed by atoms with E-state index in [1.54, 1.807) is 6.07 Å². The molecule has 0 amide bonds. The minimum atomic E-state index is 0.428. The molecule has 9 heteroatoms. The number of aromatic nitrogens is 5. The average Bonchev–Trinajstić information content (AvgIpc) is 3.28. The van der Waals surface area contributed by atoms with Gasteiger partial charge in [0.05, 0.1) is 10.8 Å². The molecule has 0 bridgehead atoms. The zero-order valence-electron chi connectivity index (χ0n) is 13.4. The first-order valence-electron chi connectivity index (χ1n) is 7.68. The van der Waals surface area contributed by atoms with Crippen molar-refractivity contribution in [1.82, 2.24) is 25.0 Å². The lowest BCUT2D eigenvalue weighted by Crippen LogP contribution is -2.11. The van der Waals surface area contributed by atoms with Gasteiger partial charge >= 0.3 is 0 Å². The van der Waals surface area contributed by atoms with Crippen LogP contribution in [0.4, 0.5) is 0 Å². The van der Waals surface area contributed by atoms with Gasteiger partial charge in [0.1, 0.15) is 0 Å². The largest absolute Gasteiger partial charge is 0.338 e. The molecule has 2 aromatic carbocycles. The van der Waals surface area contributed by atoms with Gasteiger partial charge in [0, 0.05) is 11.1 Å². The van der Waals surface area contributed by atoms with Gasteiger partial charge in [0.15, 0.2) is 5.82 Å². The summed E-state index contributed by atoms with van der Waals surface area (Å²) in [6, 6.07) is 17.0. The van der Waals surface area contributed by atoms with Gasteiger partial charge in [-0.3, -0.25) is 0 Å². The van der Waals surface area contributed by atoms with Crippen LogP contribution in [-0.4, -0.2) is 25.0 Å².